The molecule has 0 radical (unpaired) electrons. The highest BCUT2D eigenvalue weighted by molar-refractivity contribution is 6.04. The molecule has 22 heavy (non-hydrogen) atoms. The van der Waals surface area contributed by atoms with Gasteiger partial charge in [0.2, 0.25) is 0 Å². The van der Waals surface area contributed by atoms with Gasteiger partial charge in [-0.1, -0.05) is 13.8 Å². The van der Waals surface area contributed by atoms with Crippen molar-refractivity contribution in [2.75, 3.05) is 27.3 Å². The maximum absolute atomic E-state index is 12.4. The summed E-state index contributed by atoms with van der Waals surface area (Å²) in [6, 6.07) is -1.12. The Balaban J connectivity index is 2.81. The molecule has 1 fully saturated rings. The molecule has 1 saturated heterocycles. The minimum Gasteiger partial charge on any atom is -0.469 e. The first-order chi connectivity index (χ1) is 10.3. The first-order valence-corrected chi connectivity index (χ1v) is 7.09. The maximum atomic E-state index is 12.4. The number of esters is 2. The molecule has 8 nitrogen and oxygen atoms in total. The SMILES string of the molecule is COC(=O)CCN1C(=O)C(C(C)C)N(CCC(=O)OC)C1=O. The number of hydrogen-bond acceptors (Lipinski definition) is 6. The molecule has 1 unspecified atom stereocenters. The number of carbonyl (C=O) groups is 4. The van der Waals surface area contributed by atoms with E-state index < -0.39 is 24.0 Å². The fraction of sp³-hybridized carbons (Fsp3) is 0.714. The zero-order valence-corrected chi connectivity index (χ0v) is 13.3. The second kappa shape index (κ2) is 7.77. The molecule has 3 amide bonds. The van der Waals surface area contributed by atoms with Crippen molar-refractivity contribution in [3.05, 3.63) is 0 Å². The van der Waals surface area contributed by atoms with E-state index in [1.54, 1.807) is 0 Å². The second-order valence-electron chi connectivity index (χ2n) is 5.31. The average molecular weight is 314 g/mol. The number of amides is 3. The van der Waals surface area contributed by atoms with Crippen LogP contribution in [-0.2, 0) is 23.9 Å². The van der Waals surface area contributed by atoms with Crippen LogP contribution in [0.5, 0.6) is 0 Å². The number of ether oxygens (including phenoxy) is 2. The zero-order chi connectivity index (χ0) is 16.9. The van der Waals surface area contributed by atoms with Crippen LogP contribution in [-0.4, -0.2) is 67.0 Å². The first kappa shape index (κ1) is 17.9. The number of nitrogens with zero attached hydrogens (tertiary/aromatic N) is 2. The predicted molar refractivity (Wildman–Crippen MR) is 75.7 cm³/mol. The van der Waals surface area contributed by atoms with Gasteiger partial charge in [-0.15, -0.1) is 0 Å². The van der Waals surface area contributed by atoms with Crippen molar-refractivity contribution in [3.8, 4) is 0 Å². The monoisotopic (exact) mass is 314 g/mol. The lowest BCUT2D eigenvalue weighted by Crippen LogP contribution is -2.40. The third-order valence-corrected chi connectivity index (χ3v) is 3.51. The third kappa shape index (κ3) is 3.96. The van der Waals surface area contributed by atoms with E-state index in [1.807, 2.05) is 13.8 Å². The molecule has 8 heteroatoms. The predicted octanol–water partition coefficient (Wildman–Crippen LogP) is 0.401. The molecule has 0 saturated carbocycles. The summed E-state index contributed by atoms with van der Waals surface area (Å²) >= 11 is 0. The summed E-state index contributed by atoms with van der Waals surface area (Å²) in [5, 5.41) is 0. The molecule has 1 atom stereocenters. The van der Waals surface area contributed by atoms with Gasteiger partial charge in [0, 0.05) is 13.1 Å². The topological polar surface area (TPSA) is 93.2 Å². The summed E-state index contributed by atoms with van der Waals surface area (Å²) in [4.78, 5) is 49.6. The van der Waals surface area contributed by atoms with E-state index in [-0.39, 0.29) is 37.8 Å². The molecular weight excluding hydrogens is 292 g/mol. The Morgan fingerprint density at radius 3 is 2.00 bits per heavy atom. The van der Waals surface area contributed by atoms with Crippen LogP contribution in [0.2, 0.25) is 0 Å². The first-order valence-electron chi connectivity index (χ1n) is 7.09. The van der Waals surface area contributed by atoms with Gasteiger partial charge in [0.15, 0.2) is 0 Å². The lowest BCUT2D eigenvalue weighted by molar-refractivity contribution is -0.142. The second-order valence-corrected chi connectivity index (χ2v) is 5.31. The van der Waals surface area contributed by atoms with Gasteiger partial charge in [0.05, 0.1) is 27.1 Å². The number of rotatable bonds is 7. The molecule has 0 bridgehead atoms. The highest BCUT2D eigenvalue weighted by atomic mass is 16.5. The minimum absolute atomic E-state index is 0.0174. The normalized spacial score (nSPS) is 18.1. The minimum atomic E-state index is -0.630. The Labute approximate surface area is 129 Å². The smallest absolute Gasteiger partial charge is 0.327 e. The Morgan fingerprint density at radius 1 is 1.05 bits per heavy atom. The lowest BCUT2D eigenvalue weighted by Gasteiger charge is -2.23. The van der Waals surface area contributed by atoms with Gasteiger partial charge >= 0.3 is 18.0 Å². The van der Waals surface area contributed by atoms with Crippen LogP contribution >= 0.6 is 0 Å². The number of methoxy groups -OCH3 is 2. The van der Waals surface area contributed by atoms with Crippen LogP contribution in [0.4, 0.5) is 4.79 Å². The summed E-state index contributed by atoms with van der Waals surface area (Å²) in [5.41, 5.74) is 0. The molecule has 1 heterocycles. The standard InChI is InChI=1S/C14H22N2O6/c1-9(2)12-13(19)16(8-6-11(18)22-4)14(20)15(12)7-5-10(17)21-3/h9,12H,5-8H2,1-4H3. The molecule has 0 aromatic heterocycles. The number of hydrogen-bond donors (Lipinski definition) is 0. The van der Waals surface area contributed by atoms with Crippen molar-refractivity contribution in [2.24, 2.45) is 5.92 Å². The van der Waals surface area contributed by atoms with Crippen molar-refractivity contribution in [1.29, 1.82) is 0 Å². The molecule has 124 valence electrons. The fourth-order valence-electron chi connectivity index (χ4n) is 2.37. The molecule has 1 rings (SSSR count). The Kier molecular flexibility index (Phi) is 6.33. The Bertz CT molecular complexity index is 462. The lowest BCUT2D eigenvalue weighted by atomic mass is 10.0. The summed E-state index contributed by atoms with van der Waals surface area (Å²) < 4.78 is 9.06. The fourth-order valence-corrected chi connectivity index (χ4v) is 2.37. The summed E-state index contributed by atoms with van der Waals surface area (Å²) in [7, 11) is 2.51. The van der Waals surface area contributed by atoms with Crippen LogP contribution in [0.25, 0.3) is 0 Å². The van der Waals surface area contributed by atoms with Gasteiger partial charge in [-0.05, 0) is 5.92 Å². The number of carbonyl (C=O) groups excluding carboxylic acids is 4. The van der Waals surface area contributed by atoms with E-state index in [2.05, 4.69) is 9.47 Å². The number of urea groups is 1. The summed E-state index contributed by atoms with van der Waals surface area (Å²) in [5.74, 6) is -1.39. The Morgan fingerprint density at radius 2 is 1.55 bits per heavy atom. The van der Waals surface area contributed by atoms with Crippen LogP contribution in [0.3, 0.4) is 0 Å². The van der Waals surface area contributed by atoms with Crippen LogP contribution < -0.4 is 0 Å². The van der Waals surface area contributed by atoms with Crippen molar-refractivity contribution >= 4 is 23.9 Å². The van der Waals surface area contributed by atoms with E-state index in [9.17, 15) is 19.2 Å². The van der Waals surface area contributed by atoms with E-state index in [0.29, 0.717) is 0 Å². The van der Waals surface area contributed by atoms with Gasteiger partial charge < -0.3 is 14.4 Å². The molecule has 0 spiro atoms. The molecule has 0 aromatic carbocycles. The Hall–Kier alpha value is -2.12. The largest absolute Gasteiger partial charge is 0.469 e. The van der Waals surface area contributed by atoms with Crippen molar-refractivity contribution < 1.29 is 28.7 Å². The van der Waals surface area contributed by atoms with E-state index >= 15 is 0 Å². The zero-order valence-electron chi connectivity index (χ0n) is 13.3. The highest BCUT2D eigenvalue weighted by Gasteiger charge is 2.46. The third-order valence-electron chi connectivity index (χ3n) is 3.51. The quantitative estimate of drug-likeness (QED) is 0.499. The molecule has 1 aliphatic rings. The van der Waals surface area contributed by atoms with E-state index in [1.165, 1.54) is 19.1 Å². The van der Waals surface area contributed by atoms with Gasteiger partial charge in [-0.2, -0.15) is 0 Å². The molecule has 1 aliphatic heterocycles. The molecule has 0 aromatic rings. The average Bonchev–Trinajstić information content (AvgIpc) is 2.72. The van der Waals surface area contributed by atoms with Crippen molar-refractivity contribution in [3.63, 3.8) is 0 Å². The van der Waals surface area contributed by atoms with Gasteiger partial charge in [0.1, 0.15) is 6.04 Å². The van der Waals surface area contributed by atoms with Gasteiger partial charge in [-0.25, -0.2) is 4.79 Å². The van der Waals surface area contributed by atoms with Crippen LogP contribution in [0, 0.1) is 5.92 Å². The van der Waals surface area contributed by atoms with Gasteiger partial charge in [-0.3, -0.25) is 19.3 Å². The van der Waals surface area contributed by atoms with E-state index in [0.717, 1.165) is 4.90 Å². The number of imide groups is 1. The molecule has 0 aliphatic carbocycles. The van der Waals surface area contributed by atoms with Crippen molar-refractivity contribution in [1.82, 2.24) is 9.80 Å². The van der Waals surface area contributed by atoms with Gasteiger partial charge in [0.25, 0.3) is 5.91 Å². The summed E-state index contributed by atoms with van der Waals surface area (Å²) in [6.45, 7) is 3.73. The maximum Gasteiger partial charge on any atom is 0.327 e. The van der Waals surface area contributed by atoms with Crippen LogP contribution in [0.15, 0.2) is 0 Å². The molecular formula is C14H22N2O6. The van der Waals surface area contributed by atoms with Crippen LogP contribution in [0.1, 0.15) is 26.7 Å². The summed E-state index contributed by atoms with van der Waals surface area (Å²) in [6.07, 6.45) is -0.0345. The van der Waals surface area contributed by atoms with Crippen molar-refractivity contribution in [2.45, 2.75) is 32.7 Å². The highest BCUT2D eigenvalue weighted by Crippen LogP contribution is 2.24. The molecule has 0 N–H and O–H groups in total. The van der Waals surface area contributed by atoms with E-state index in [4.69, 9.17) is 0 Å².